The third kappa shape index (κ3) is 5.68. The highest BCUT2D eigenvalue weighted by Gasteiger charge is 2.50. The monoisotopic (exact) mass is 382 g/mol. The molecule has 144 valence electrons. The third-order valence-corrected chi connectivity index (χ3v) is 11.5. The zero-order chi connectivity index (χ0) is 19.7. The van der Waals surface area contributed by atoms with Gasteiger partial charge in [-0.2, -0.15) is 0 Å². The van der Waals surface area contributed by atoms with Crippen molar-refractivity contribution in [3.8, 4) is 0 Å². The molecule has 0 saturated carbocycles. The maximum atomic E-state index is 14.5. The van der Waals surface area contributed by atoms with Crippen LogP contribution in [0, 0.1) is 0 Å². The second-order valence-corrected chi connectivity index (χ2v) is 18.1. The summed E-state index contributed by atoms with van der Waals surface area (Å²) >= 11 is 0. The van der Waals surface area contributed by atoms with Crippen LogP contribution in [0.25, 0.3) is 0 Å². The Morgan fingerprint density at radius 3 is 1.68 bits per heavy atom. The van der Waals surface area contributed by atoms with Gasteiger partial charge in [0.25, 0.3) is 0 Å². The molecule has 0 bridgehead atoms. The van der Waals surface area contributed by atoms with Crippen molar-refractivity contribution >= 4 is 21.0 Å². The Kier molecular flexibility index (Phi) is 6.86. The smallest absolute Gasteiger partial charge is 0.125 e. The van der Waals surface area contributed by atoms with Gasteiger partial charge in [-0.05, 0) is 23.2 Å². The van der Waals surface area contributed by atoms with Crippen LogP contribution in [0.15, 0.2) is 30.3 Å². The van der Waals surface area contributed by atoms with Crippen molar-refractivity contribution in [3.05, 3.63) is 30.3 Å². The van der Waals surface area contributed by atoms with E-state index in [1.807, 2.05) is 18.2 Å². The molecule has 3 heteroatoms. The minimum atomic E-state index is -2.59. The fourth-order valence-corrected chi connectivity index (χ4v) is 10.7. The third-order valence-electron chi connectivity index (χ3n) is 4.99. The van der Waals surface area contributed by atoms with Crippen LogP contribution in [0.2, 0.25) is 0 Å². The first-order valence-electron chi connectivity index (χ1n) is 9.47. The van der Waals surface area contributed by atoms with E-state index in [-0.39, 0.29) is 15.5 Å². The first-order chi connectivity index (χ1) is 11.0. The molecule has 0 aliphatic carbocycles. The van der Waals surface area contributed by atoms with Crippen molar-refractivity contribution < 1.29 is 4.57 Å². The highest BCUT2D eigenvalue weighted by Crippen LogP contribution is 2.67. The molecular formula is C22H40OP2. The summed E-state index contributed by atoms with van der Waals surface area (Å²) in [6.07, 6.45) is 2.11. The first kappa shape index (κ1) is 22.9. The number of hydrogen-bond donors (Lipinski definition) is 0. The standard InChI is InChI=1S/C22H40OP2/c1-19(2,3)24-21(7,8)16-17-22(9,10)25(23,20(4,5)6)18-14-12-11-13-15-18/h11-15,24H,16-17H2,1-10H3. The topological polar surface area (TPSA) is 17.1 Å². The van der Waals surface area contributed by atoms with E-state index >= 15 is 0 Å². The van der Waals surface area contributed by atoms with Crippen LogP contribution in [0.1, 0.15) is 82.1 Å². The summed E-state index contributed by atoms with van der Waals surface area (Å²) in [5.41, 5.74) is 0. The van der Waals surface area contributed by atoms with Gasteiger partial charge in [-0.25, -0.2) is 0 Å². The lowest BCUT2D eigenvalue weighted by atomic mass is 9.99. The van der Waals surface area contributed by atoms with Crippen LogP contribution in [0.3, 0.4) is 0 Å². The van der Waals surface area contributed by atoms with Crippen LogP contribution >= 0.6 is 15.7 Å². The van der Waals surface area contributed by atoms with Crippen molar-refractivity contribution in [1.29, 1.82) is 0 Å². The average Bonchev–Trinajstić information content (AvgIpc) is 2.41. The number of hydrogen-bond acceptors (Lipinski definition) is 1. The van der Waals surface area contributed by atoms with Gasteiger partial charge in [0.2, 0.25) is 0 Å². The Bertz CT molecular complexity index is 601. The van der Waals surface area contributed by atoms with E-state index in [9.17, 15) is 4.57 Å². The molecule has 0 aliphatic heterocycles. The van der Waals surface area contributed by atoms with E-state index in [1.54, 1.807) is 0 Å². The Labute approximate surface area is 158 Å². The molecule has 0 N–H and O–H groups in total. The minimum Gasteiger partial charge on any atom is -0.318 e. The zero-order valence-electron chi connectivity index (χ0n) is 18.2. The normalized spacial score (nSPS) is 17.0. The molecule has 0 spiro atoms. The molecule has 1 rings (SSSR count). The van der Waals surface area contributed by atoms with Gasteiger partial charge in [0.15, 0.2) is 0 Å². The van der Waals surface area contributed by atoms with Crippen molar-refractivity contribution in [2.75, 3.05) is 0 Å². The van der Waals surface area contributed by atoms with Gasteiger partial charge >= 0.3 is 0 Å². The van der Waals surface area contributed by atoms with E-state index in [0.29, 0.717) is 5.16 Å². The van der Waals surface area contributed by atoms with Crippen molar-refractivity contribution in [2.45, 2.75) is 103 Å². The van der Waals surface area contributed by atoms with Gasteiger partial charge in [0.1, 0.15) is 7.14 Å². The summed E-state index contributed by atoms with van der Waals surface area (Å²) in [6, 6.07) is 10.2. The molecule has 0 aromatic heterocycles. The predicted octanol–water partition coefficient (Wildman–Crippen LogP) is 7.29. The fraction of sp³-hybridized carbons (Fsp3) is 0.727. The summed E-state index contributed by atoms with van der Waals surface area (Å²) in [7, 11) is -1.69. The van der Waals surface area contributed by atoms with E-state index in [4.69, 9.17) is 0 Å². The van der Waals surface area contributed by atoms with Crippen LogP contribution in [0.5, 0.6) is 0 Å². The minimum absolute atomic E-state index is 0.216. The molecule has 1 aromatic rings. The van der Waals surface area contributed by atoms with Gasteiger partial charge in [0, 0.05) is 15.6 Å². The molecule has 0 heterocycles. The van der Waals surface area contributed by atoms with Gasteiger partial charge in [-0.15, -0.1) is 8.58 Å². The van der Waals surface area contributed by atoms with Gasteiger partial charge in [-0.3, -0.25) is 0 Å². The van der Waals surface area contributed by atoms with Crippen LogP contribution in [-0.4, -0.2) is 20.6 Å². The summed E-state index contributed by atoms with van der Waals surface area (Å²) in [5.74, 6) is 0. The summed E-state index contributed by atoms with van der Waals surface area (Å²) in [4.78, 5) is 0. The molecule has 2 atom stereocenters. The molecular weight excluding hydrogens is 342 g/mol. The van der Waals surface area contributed by atoms with Crippen molar-refractivity contribution in [3.63, 3.8) is 0 Å². The molecule has 0 fully saturated rings. The Balaban J connectivity index is 3.17. The van der Waals surface area contributed by atoms with E-state index < -0.39 is 7.14 Å². The Morgan fingerprint density at radius 2 is 1.28 bits per heavy atom. The quantitative estimate of drug-likeness (QED) is 0.472. The van der Waals surface area contributed by atoms with Crippen molar-refractivity contribution in [1.82, 2.24) is 0 Å². The van der Waals surface area contributed by atoms with Crippen LogP contribution in [-0.2, 0) is 4.57 Å². The molecule has 0 amide bonds. The Hall–Kier alpha value is -0.120. The predicted molar refractivity (Wildman–Crippen MR) is 119 cm³/mol. The molecule has 1 aromatic carbocycles. The SMILES string of the molecule is CC(C)(C)PC(C)(C)CCC(C)(C)P(=O)(c1ccccc1)C(C)(C)C. The lowest BCUT2D eigenvalue weighted by Gasteiger charge is -2.45. The van der Waals surface area contributed by atoms with Crippen LogP contribution in [0.4, 0.5) is 0 Å². The highest BCUT2D eigenvalue weighted by atomic mass is 31.2. The fourth-order valence-electron chi connectivity index (χ4n) is 4.14. The molecule has 2 unspecified atom stereocenters. The van der Waals surface area contributed by atoms with Crippen LogP contribution < -0.4 is 5.30 Å². The lowest BCUT2D eigenvalue weighted by Crippen LogP contribution is -2.38. The summed E-state index contributed by atoms with van der Waals surface area (Å²) < 4.78 is 14.5. The maximum absolute atomic E-state index is 14.5. The van der Waals surface area contributed by atoms with Gasteiger partial charge < -0.3 is 4.57 Å². The largest absolute Gasteiger partial charge is 0.318 e. The number of benzene rings is 1. The maximum Gasteiger partial charge on any atom is 0.125 e. The first-order valence-corrected chi connectivity index (χ1v) is 12.2. The van der Waals surface area contributed by atoms with E-state index in [1.165, 1.54) is 0 Å². The molecule has 0 aliphatic rings. The molecule has 0 saturated heterocycles. The molecule has 25 heavy (non-hydrogen) atoms. The molecule has 1 nitrogen and oxygen atoms in total. The lowest BCUT2D eigenvalue weighted by molar-refractivity contribution is 0.471. The second-order valence-electron chi connectivity index (χ2n) is 10.7. The second kappa shape index (κ2) is 7.48. The summed E-state index contributed by atoms with van der Waals surface area (Å²) in [6.45, 7) is 22.6. The number of rotatable bonds is 6. The van der Waals surface area contributed by atoms with Gasteiger partial charge in [-0.1, -0.05) is 99.6 Å². The molecule has 0 radical (unpaired) electrons. The van der Waals surface area contributed by atoms with Gasteiger partial charge in [0.05, 0.1) is 0 Å². The van der Waals surface area contributed by atoms with Crippen molar-refractivity contribution in [2.24, 2.45) is 0 Å². The highest BCUT2D eigenvalue weighted by molar-refractivity contribution is 7.74. The Morgan fingerprint density at radius 1 is 0.800 bits per heavy atom. The zero-order valence-corrected chi connectivity index (χ0v) is 20.1. The van der Waals surface area contributed by atoms with E-state index in [0.717, 1.165) is 26.7 Å². The average molecular weight is 383 g/mol. The summed E-state index contributed by atoms with van der Waals surface area (Å²) in [5, 5.41) is 1.21. The van der Waals surface area contributed by atoms with E-state index in [2.05, 4.69) is 81.4 Å².